The molecule has 4 N–H and O–H groups in total. The van der Waals surface area contributed by atoms with Crippen molar-refractivity contribution in [3.8, 4) is 0 Å². The van der Waals surface area contributed by atoms with Crippen LogP contribution in [0.25, 0.3) is 0 Å². The fourth-order valence-electron chi connectivity index (χ4n) is 3.32. The SMILES string of the molecule is CCC(O)N[C@@H](C(=O)N1CCN(C)CC1)[C@@H](CC)c1ccc(N)cc1. The Kier molecular flexibility index (Phi) is 7.23. The zero-order valence-electron chi connectivity index (χ0n) is 15.6. The highest BCUT2D eigenvalue weighted by molar-refractivity contribution is 5.83. The van der Waals surface area contributed by atoms with Crippen molar-refractivity contribution < 1.29 is 9.90 Å². The number of carbonyl (C=O) groups is 1. The van der Waals surface area contributed by atoms with E-state index in [4.69, 9.17) is 5.73 Å². The van der Waals surface area contributed by atoms with Crippen LogP contribution in [0.4, 0.5) is 5.69 Å². The predicted molar refractivity (Wildman–Crippen MR) is 101 cm³/mol. The molecule has 1 saturated heterocycles. The lowest BCUT2D eigenvalue weighted by Gasteiger charge is -2.37. The summed E-state index contributed by atoms with van der Waals surface area (Å²) >= 11 is 0. The van der Waals surface area contributed by atoms with Gasteiger partial charge in [0.1, 0.15) is 6.23 Å². The van der Waals surface area contributed by atoms with Crippen LogP contribution in [0.5, 0.6) is 0 Å². The summed E-state index contributed by atoms with van der Waals surface area (Å²) in [4.78, 5) is 17.3. The number of carbonyl (C=O) groups excluding carboxylic acids is 1. The van der Waals surface area contributed by atoms with Crippen LogP contribution in [0.1, 0.15) is 38.2 Å². The second-order valence-electron chi connectivity index (χ2n) is 6.88. The molecule has 6 nitrogen and oxygen atoms in total. The number of aliphatic hydroxyl groups excluding tert-OH is 1. The van der Waals surface area contributed by atoms with E-state index in [1.165, 1.54) is 0 Å². The lowest BCUT2D eigenvalue weighted by Crippen LogP contribution is -2.56. The lowest BCUT2D eigenvalue weighted by molar-refractivity contribution is -0.136. The number of hydrogen-bond donors (Lipinski definition) is 3. The van der Waals surface area contributed by atoms with Crippen LogP contribution < -0.4 is 11.1 Å². The third kappa shape index (κ3) is 5.17. The summed E-state index contributed by atoms with van der Waals surface area (Å²) in [5, 5.41) is 13.3. The second kappa shape index (κ2) is 9.17. The summed E-state index contributed by atoms with van der Waals surface area (Å²) in [7, 11) is 2.07. The van der Waals surface area contributed by atoms with Crippen molar-refractivity contribution in [1.29, 1.82) is 0 Å². The van der Waals surface area contributed by atoms with E-state index >= 15 is 0 Å². The van der Waals surface area contributed by atoms with Crippen LogP contribution in [0.2, 0.25) is 0 Å². The molecule has 0 saturated carbocycles. The van der Waals surface area contributed by atoms with E-state index in [-0.39, 0.29) is 11.8 Å². The predicted octanol–water partition coefficient (Wildman–Crippen LogP) is 1.22. The maximum Gasteiger partial charge on any atom is 0.240 e. The maximum atomic E-state index is 13.2. The number of nitrogens with one attached hydrogen (secondary N) is 1. The number of likely N-dealkylation sites (N-methyl/N-ethyl adjacent to an activating group) is 1. The molecule has 0 spiro atoms. The quantitative estimate of drug-likeness (QED) is 0.510. The zero-order valence-corrected chi connectivity index (χ0v) is 15.6. The Balaban J connectivity index is 2.23. The number of amides is 1. The van der Waals surface area contributed by atoms with Crippen molar-refractivity contribution in [1.82, 2.24) is 15.1 Å². The average molecular weight is 348 g/mol. The minimum atomic E-state index is -0.691. The Labute approximate surface area is 151 Å². The van der Waals surface area contributed by atoms with Crippen molar-refractivity contribution in [3.05, 3.63) is 29.8 Å². The first-order chi connectivity index (χ1) is 12.0. The number of anilines is 1. The molecule has 1 aromatic rings. The van der Waals surface area contributed by atoms with Gasteiger partial charge in [-0.05, 0) is 37.6 Å². The average Bonchev–Trinajstić information content (AvgIpc) is 2.62. The molecule has 1 aliphatic heterocycles. The Hall–Kier alpha value is -1.63. The minimum Gasteiger partial charge on any atom is -0.399 e. The van der Waals surface area contributed by atoms with Crippen LogP contribution in [-0.4, -0.2) is 66.3 Å². The number of hydrogen-bond acceptors (Lipinski definition) is 5. The molecule has 6 heteroatoms. The van der Waals surface area contributed by atoms with Gasteiger partial charge in [0.25, 0.3) is 0 Å². The number of nitrogens with zero attached hydrogens (tertiary/aromatic N) is 2. The van der Waals surface area contributed by atoms with Gasteiger partial charge in [0.2, 0.25) is 5.91 Å². The molecule has 3 atom stereocenters. The van der Waals surface area contributed by atoms with Gasteiger partial charge in [-0.15, -0.1) is 0 Å². The standard InChI is InChI=1S/C19H32N4O2/c1-4-16(14-6-8-15(20)9-7-14)18(21-17(24)5-2)19(25)23-12-10-22(3)11-13-23/h6-9,16-18,21,24H,4-5,10-13,20H2,1-3H3/t16-,17?,18+/m0/s1. The topological polar surface area (TPSA) is 81.8 Å². The van der Waals surface area contributed by atoms with Crippen molar-refractivity contribution >= 4 is 11.6 Å². The molecule has 0 aromatic heterocycles. The summed E-state index contributed by atoms with van der Waals surface area (Å²) < 4.78 is 0. The molecule has 2 rings (SSSR count). The summed E-state index contributed by atoms with van der Waals surface area (Å²) in [6, 6.07) is 7.26. The molecule has 0 bridgehead atoms. The van der Waals surface area contributed by atoms with Crippen LogP contribution in [0.15, 0.2) is 24.3 Å². The summed E-state index contributed by atoms with van der Waals surface area (Å²) in [6.07, 6.45) is 0.673. The van der Waals surface area contributed by atoms with E-state index in [0.717, 1.165) is 38.2 Å². The minimum absolute atomic E-state index is 0.00560. The van der Waals surface area contributed by atoms with Crippen molar-refractivity contribution in [3.63, 3.8) is 0 Å². The summed E-state index contributed by atoms with van der Waals surface area (Å²) in [5.41, 5.74) is 7.58. The second-order valence-corrected chi connectivity index (χ2v) is 6.88. The molecule has 1 aliphatic rings. The van der Waals surface area contributed by atoms with Gasteiger partial charge in [-0.1, -0.05) is 26.0 Å². The van der Waals surface area contributed by atoms with Gasteiger partial charge >= 0.3 is 0 Å². The molecule has 140 valence electrons. The van der Waals surface area contributed by atoms with Gasteiger partial charge < -0.3 is 20.6 Å². The third-order valence-corrected chi connectivity index (χ3v) is 5.05. The number of aliphatic hydroxyl groups is 1. The highest BCUT2D eigenvalue weighted by Gasteiger charge is 2.33. The van der Waals surface area contributed by atoms with Crippen molar-refractivity contribution in [2.45, 2.75) is 44.9 Å². The number of nitrogens with two attached hydrogens (primary N) is 1. The Morgan fingerprint density at radius 1 is 1.16 bits per heavy atom. The monoisotopic (exact) mass is 348 g/mol. The van der Waals surface area contributed by atoms with Crippen molar-refractivity contribution in [2.75, 3.05) is 39.0 Å². The third-order valence-electron chi connectivity index (χ3n) is 5.05. The number of benzene rings is 1. The molecule has 1 amide bonds. The van der Waals surface area contributed by atoms with Gasteiger partial charge in [0, 0.05) is 37.8 Å². The molecule has 0 radical (unpaired) electrons. The van der Waals surface area contributed by atoms with Crippen LogP contribution in [-0.2, 0) is 4.79 Å². The van der Waals surface area contributed by atoms with Crippen molar-refractivity contribution in [2.24, 2.45) is 0 Å². The van der Waals surface area contributed by atoms with Gasteiger partial charge in [0.15, 0.2) is 0 Å². The summed E-state index contributed by atoms with van der Waals surface area (Å²) in [6.45, 7) is 7.20. The highest BCUT2D eigenvalue weighted by atomic mass is 16.3. The van der Waals surface area contributed by atoms with Gasteiger partial charge in [-0.3, -0.25) is 10.1 Å². The molecule has 1 heterocycles. The van der Waals surface area contributed by atoms with E-state index in [1.54, 1.807) is 0 Å². The van der Waals surface area contributed by atoms with E-state index in [2.05, 4.69) is 24.2 Å². The lowest BCUT2D eigenvalue weighted by atomic mass is 9.87. The molecule has 25 heavy (non-hydrogen) atoms. The van der Waals surface area contributed by atoms with E-state index in [0.29, 0.717) is 12.1 Å². The number of nitrogen functional groups attached to an aromatic ring is 1. The van der Waals surface area contributed by atoms with Gasteiger partial charge in [-0.25, -0.2) is 0 Å². The Bertz CT molecular complexity index is 541. The van der Waals surface area contributed by atoms with Crippen LogP contribution in [0, 0.1) is 0 Å². The maximum absolute atomic E-state index is 13.2. The fraction of sp³-hybridized carbons (Fsp3) is 0.632. The molecular weight excluding hydrogens is 316 g/mol. The van der Waals surface area contributed by atoms with Crippen LogP contribution in [0.3, 0.4) is 0 Å². The van der Waals surface area contributed by atoms with Gasteiger partial charge in [-0.2, -0.15) is 0 Å². The first-order valence-corrected chi connectivity index (χ1v) is 9.23. The number of piperazine rings is 1. The Morgan fingerprint density at radius 2 is 1.76 bits per heavy atom. The zero-order chi connectivity index (χ0) is 18.4. The molecular formula is C19H32N4O2. The molecule has 1 aromatic carbocycles. The molecule has 1 unspecified atom stereocenters. The largest absolute Gasteiger partial charge is 0.399 e. The van der Waals surface area contributed by atoms with Gasteiger partial charge in [0.05, 0.1) is 6.04 Å². The summed E-state index contributed by atoms with van der Waals surface area (Å²) in [5.74, 6) is 0.0678. The first-order valence-electron chi connectivity index (χ1n) is 9.23. The smallest absolute Gasteiger partial charge is 0.240 e. The molecule has 0 aliphatic carbocycles. The first kappa shape index (κ1) is 19.7. The van der Waals surface area contributed by atoms with E-state index in [1.807, 2.05) is 36.1 Å². The fourth-order valence-corrected chi connectivity index (χ4v) is 3.32. The molecule has 1 fully saturated rings. The number of rotatable bonds is 7. The van der Waals surface area contributed by atoms with Crippen LogP contribution >= 0.6 is 0 Å². The Morgan fingerprint density at radius 3 is 2.28 bits per heavy atom. The van der Waals surface area contributed by atoms with E-state index < -0.39 is 12.3 Å². The normalized spacial score (nSPS) is 19.4. The highest BCUT2D eigenvalue weighted by Crippen LogP contribution is 2.26. The van der Waals surface area contributed by atoms with E-state index in [9.17, 15) is 9.90 Å².